The maximum Gasteiger partial charge on any atom is 0.354 e. The van der Waals surface area contributed by atoms with Crippen molar-refractivity contribution in [3.05, 3.63) is 58.1 Å². The fourth-order valence-electron chi connectivity index (χ4n) is 4.48. The summed E-state index contributed by atoms with van der Waals surface area (Å²) in [5, 5.41) is 12.2. The van der Waals surface area contributed by atoms with Crippen molar-refractivity contribution in [1.29, 1.82) is 0 Å². The summed E-state index contributed by atoms with van der Waals surface area (Å²) in [6.45, 7) is 4.10. The number of aryl methyl sites for hydroxylation is 2. The van der Waals surface area contributed by atoms with E-state index in [-0.39, 0.29) is 5.54 Å². The zero-order valence-corrected chi connectivity index (χ0v) is 18.7. The summed E-state index contributed by atoms with van der Waals surface area (Å²) < 4.78 is 16.9. The number of urea groups is 1. The van der Waals surface area contributed by atoms with Crippen LogP contribution in [-0.2, 0) is 41.1 Å². The van der Waals surface area contributed by atoms with E-state index < -0.39 is 15.9 Å². The van der Waals surface area contributed by atoms with Crippen LogP contribution in [0, 0.1) is 0 Å². The molecule has 4 rings (SSSR count). The first-order valence-corrected chi connectivity index (χ1v) is 12.1. The quantitative estimate of drug-likeness (QED) is 0.688. The second-order valence-corrected chi connectivity index (χ2v) is 10.5. The van der Waals surface area contributed by atoms with Gasteiger partial charge in [-0.15, -0.1) is 4.36 Å². The van der Waals surface area contributed by atoms with Crippen molar-refractivity contribution < 1.29 is 9.00 Å². The zero-order valence-electron chi connectivity index (χ0n) is 17.9. The molecule has 1 atom stereocenters. The van der Waals surface area contributed by atoms with Crippen LogP contribution in [-0.4, -0.2) is 17.3 Å². The van der Waals surface area contributed by atoms with Gasteiger partial charge in [0.25, 0.3) is 0 Å². The van der Waals surface area contributed by atoms with E-state index in [2.05, 4.69) is 34.9 Å². The van der Waals surface area contributed by atoms with Crippen molar-refractivity contribution in [3.8, 4) is 0 Å². The monoisotopic (exact) mass is 426 g/mol. The molecule has 2 amide bonds. The predicted molar refractivity (Wildman–Crippen MR) is 121 cm³/mol. The Kier molecular flexibility index (Phi) is 5.46. The van der Waals surface area contributed by atoms with E-state index in [0.29, 0.717) is 4.90 Å². The van der Waals surface area contributed by atoms with Gasteiger partial charge in [0.15, 0.2) is 0 Å². The number of rotatable bonds is 4. The van der Waals surface area contributed by atoms with E-state index in [1.165, 1.54) is 22.3 Å². The van der Waals surface area contributed by atoms with E-state index in [9.17, 15) is 9.00 Å². The van der Waals surface area contributed by atoms with Gasteiger partial charge in [0, 0.05) is 11.2 Å². The first kappa shape index (κ1) is 21.0. The Morgan fingerprint density at radius 2 is 1.60 bits per heavy atom. The molecule has 2 aromatic carbocycles. The Balaban J connectivity index is 1.62. The number of benzene rings is 2. The van der Waals surface area contributed by atoms with Crippen LogP contribution >= 0.6 is 0 Å². The molecule has 2 aliphatic rings. The standard InChI is InChI=1S/C23H30N4O2S/c1-23(2,25-3)17-10-12-18(13-11-17)30(24,29)27-22(28)26-21-19-8-4-6-15(19)14-16-7-5-9-20(16)21/h10-14,25H,4-9H2,1-3H3,(H3,24,26,27,28,29). The van der Waals surface area contributed by atoms with Gasteiger partial charge in [-0.05, 0) is 99.4 Å². The summed E-state index contributed by atoms with van der Waals surface area (Å²) >= 11 is 0. The normalized spacial score (nSPS) is 17.2. The van der Waals surface area contributed by atoms with Gasteiger partial charge in [0.2, 0.25) is 0 Å². The highest BCUT2D eigenvalue weighted by Gasteiger charge is 2.25. The van der Waals surface area contributed by atoms with E-state index in [1.807, 2.05) is 19.2 Å². The highest BCUT2D eigenvalue weighted by atomic mass is 32.2. The van der Waals surface area contributed by atoms with Crippen molar-refractivity contribution in [2.45, 2.75) is 62.8 Å². The van der Waals surface area contributed by atoms with E-state index in [0.717, 1.165) is 49.8 Å². The van der Waals surface area contributed by atoms with E-state index in [1.54, 1.807) is 12.1 Å². The summed E-state index contributed by atoms with van der Waals surface area (Å²) in [5.74, 6) is 0. The maximum absolute atomic E-state index is 13.0. The van der Waals surface area contributed by atoms with Crippen LogP contribution in [0.5, 0.6) is 0 Å². The molecule has 0 heterocycles. The van der Waals surface area contributed by atoms with Gasteiger partial charge in [0.05, 0.1) is 4.90 Å². The highest BCUT2D eigenvalue weighted by Crippen LogP contribution is 2.38. The van der Waals surface area contributed by atoms with Gasteiger partial charge < -0.3 is 10.6 Å². The van der Waals surface area contributed by atoms with Gasteiger partial charge in [0.1, 0.15) is 9.92 Å². The minimum Gasteiger partial charge on any atom is -0.311 e. The molecule has 4 N–H and O–H groups in total. The molecule has 0 aromatic heterocycles. The fourth-order valence-corrected chi connectivity index (χ4v) is 5.41. The highest BCUT2D eigenvalue weighted by molar-refractivity contribution is 7.91. The third kappa shape index (κ3) is 3.89. The second kappa shape index (κ2) is 7.80. The molecule has 0 spiro atoms. The number of hydrogen-bond donors (Lipinski definition) is 3. The molecular formula is C23H30N4O2S. The minimum absolute atomic E-state index is 0.226. The summed E-state index contributed by atoms with van der Waals surface area (Å²) in [4.78, 5) is 13.1. The minimum atomic E-state index is -3.33. The van der Waals surface area contributed by atoms with Crippen molar-refractivity contribution in [2.75, 3.05) is 12.4 Å². The van der Waals surface area contributed by atoms with Gasteiger partial charge >= 0.3 is 6.03 Å². The van der Waals surface area contributed by atoms with Crippen LogP contribution in [0.4, 0.5) is 10.5 Å². The number of nitrogens with zero attached hydrogens (tertiary/aromatic N) is 1. The third-order valence-electron chi connectivity index (χ3n) is 6.46. The first-order chi connectivity index (χ1) is 14.2. The third-order valence-corrected chi connectivity index (χ3v) is 7.85. The van der Waals surface area contributed by atoms with Crippen molar-refractivity contribution in [1.82, 2.24) is 5.32 Å². The molecule has 2 aliphatic carbocycles. The number of nitrogens with two attached hydrogens (primary N) is 1. The molecule has 0 fully saturated rings. The molecule has 2 aromatic rings. The second-order valence-electron chi connectivity index (χ2n) is 8.72. The molecule has 6 nitrogen and oxygen atoms in total. The molecule has 0 aliphatic heterocycles. The van der Waals surface area contributed by atoms with Crippen LogP contribution in [0.2, 0.25) is 0 Å². The number of amides is 2. The summed E-state index contributed by atoms with van der Waals surface area (Å²) in [7, 11) is -1.45. The van der Waals surface area contributed by atoms with Crippen molar-refractivity contribution >= 4 is 21.6 Å². The van der Waals surface area contributed by atoms with Gasteiger partial charge in [-0.2, -0.15) is 0 Å². The van der Waals surface area contributed by atoms with Crippen LogP contribution in [0.1, 0.15) is 54.5 Å². The average Bonchev–Trinajstić information content (AvgIpc) is 3.36. The first-order valence-electron chi connectivity index (χ1n) is 10.5. The van der Waals surface area contributed by atoms with Crippen LogP contribution in [0.25, 0.3) is 0 Å². The fraction of sp³-hybridized carbons (Fsp3) is 0.435. The summed E-state index contributed by atoms with van der Waals surface area (Å²) in [6.07, 6.45) is 6.21. The molecule has 7 heteroatoms. The largest absolute Gasteiger partial charge is 0.354 e. The topological polar surface area (TPSA) is 96.6 Å². The molecular weight excluding hydrogens is 396 g/mol. The zero-order chi connectivity index (χ0) is 21.5. The molecule has 30 heavy (non-hydrogen) atoms. The number of nitrogens with one attached hydrogen (secondary N) is 2. The maximum atomic E-state index is 13.0. The van der Waals surface area contributed by atoms with Crippen molar-refractivity contribution in [3.63, 3.8) is 0 Å². The SMILES string of the molecule is CNC(C)(C)c1ccc(S(N)(=O)=NC(=O)Nc2c3c(cc4c2CCC4)CCC3)cc1. The Morgan fingerprint density at radius 3 is 2.13 bits per heavy atom. The lowest BCUT2D eigenvalue weighted by molar-refractivity contribution is 0.260. The molecule has 0 saturated carbocycles. The molecule has 160 valence electrons. The lowest BCUT2D eigenvalue weighted by atomic mass is 9.95. The van der Waals surface area contributed by atoms with Crippen LogP contribution in [0.3, 0.4) is 0 Å². The Labute approximate surface area is 179 Å². The number of fused-ring (bicyclic) bond motifs is 2. The number of carbonyl (C=O) groups excluding carboxylic acids is 1. The number of anilines is 1. The van der Waals surface area contributed by atoms with E-state index >= 15 is 0 Å². The Hall–Kier alpha value is -2.22. The average molecular weight is 427 g/mol. The predicted octanol–water partition coefficient (Wildman–Crippen LogP) is 4.05. The lowest BCUT2D eigenvalue weighted by Crippen LogP contribution is -2.33. The smallest absolute Gasteiger partial charge is 0.311 e. The van der Waals surface area contributed by atoms with Gasteiger partial charge in [-0.3, -0.25) is 0 Å². The number of carbonyl (C=O) groups is 1. The van der Waals surface area contributed by atoms with Crippen molar-refractivity contribution in [2.24, 2.45) is 9.50 Å². The van der Waals surface area contributed by atoms with Gasteiger partial charge in [-0.25, -0.2) is 14.1 Å². The summed E-state index contributed by atoms with van der Waals surface area (Å²) in [5.41, 5.74) is 6.75. The molecule has 0 bridgehead atoms. The van der Waals surface area contributed by atoms with Crippen LogP contribution < -0.4 is 15.8 Å². The lowest BCUT2D eigenvalue weighted by Gasteiger charge is -2.24. The molecule has 0 radical (unpaired) electrons. The molecule has 1 unspecified atom stereocenters. The van der Waals surface area contributed by atoms with Crippen LogP contribution in [0.15, 0.2) is 39.6 Å². The van der Waals surface area contributed by atoms with Gasteiger partial charge in [-0.1, -0.05) is 18.2 Å². The number of hydrogen-bond acceptors (Lipinski definition) is 3. The van der Waals surface area contributed by atoms with E-state index in [4.69, 9.17) is 5.14 Å². The Bertz CT molecular complexity index is 1080. The molecule has 0 saturated heterocycles. The Morgan fingerprint density at radius 1 is 1.03 bits per heavy atom. The summed E-state index contributed by atoms with van der Waals surface area (Å²) in [6, 6.07) is 8.76.